The van der Waals surface area contributed by atoms with Gasteiger partial charge in [-0.15, -0.1) is 0 Å². The molecule has 0 aliphatic carbocycles. The van der Waals surface area contributed by atoms with Crippen molar-refractivity contribution >= 4 is 29.8 Å². The van der Waals surface area contributed by atoms with Crippen molar-refractivity contribution in [1.82, 2.24) is 10.2 Å². The van der Waals surface area contributed by atoms with Gasteiger partial charge in [0, 0.05) is 37.9 Å². The summed E-state index contributed by atoms with van der Waals surface area (Å²) >= 11 is 0. The summed E-state index contributed by atoms with van der Waals surface area (Å²) in [6.07, 6.45) is 0.667. The fourth-order valence-corrected chi connectivity index (χ4v) is 6.84. The number of Topliss-reactive ketones (excluding diaryl/α,β-unsaturated/α-hetero) is 1. The molecule has 0 bridgehead atoms. The first-order valence-corrected chi connectivity index (χ1v) is 20.8. The van der Waals surface area contributed by atoms with E-state index < -0.39 is 66.0 Å². The normalized spacial score (nSPS) is 17.4. The van der Waals surface area contributed by atoms with Crippen LogP contribution in [0.3, 0.4) is 0 Å². The zero-order valence-corrected chi connectivity index (χ0v) is 37.8. The molecule has 59 heavy (non-hydrogen) atoms. The van der Waals surface area contributed by atoms with E-state index in [4.69, 9.17) is 38.9 Å². The highest BCUT2D eigenvalue weighted by Crippen LogP contribution is 2.36. The fourth-order valence-electron chi connectivity index (χ4n) is 6.84. The molecule has 1 aromatic rings. The van der Waals surface area contributed by atoms with Crippen molar-refractivity contribution in [1.29, 1.82) is 0 Å². The van der Waals surface area contributed by atoms with Crippen LogP contribution in [0, 0.1) is 35.0 Å². The van der Waals surface area contributed by atoms with Crippen LogP contribution in [0.15, 0.2) is 18.2 Å². The summed E-state index contributed by atoms with van der Waals surface area (Å²) in [4.78, 5) is 66.5. The maximum atomic E-state index is 13.8. The number of hydrogen-bond donors (Lipinski definition) is 2. The number of nitrogens with one attached hydrogen (secondary N) is 1. The Bertz CT molecular complexity index is 1520. The van der Waals surface area contributed by atoms with Crippen LogP contribution in [0.4, 0.5) is 9.59 Å². The van der Waals surface area contributed by atoms with Crippen molar-refractivity contribution < 1.29 is 57.1 Å². The lowest BCUT2D eigenvalue weighted by molar-refractivity contribution is -0.156. The third kappa shape index (κ3) is 16.8. The van der Waals surface area contributed by atoms with Gasteiger partial charge in [0.05, 0.1) is 25.9 Å². The smallest absolute Gasteiger partial charge is 0.414 e. The minimum Gasteiger partial charge on any atom is -0.493 e. The molecule has 2 rings (SSSR count). The molecule has 0 radical (unpaired) electrons. The Balaban J connectivity index is 2.36. The minimum absolute atomic E-state index is 0.000910. The summed E-state index contributed by atoms with van der Waals surface area (Å²) in [5.41, 5.74) is 5.01. The van der Waals surface area contributed by atoms with E-state index in [1.165, 1.54) is 4.90 Å². The standard InChI is InChI=1S/C44H73N3O12/c1-27(2)31(21-30-15-16-35(54-13)37(22-30)55-20-14-19-53-12)23-33-36(24-32(28(3)4)34(48)17-18-44(10,11)40(45)50)56-25-47(33)42(52)58-26-57-39(49)38(29(5)6)46-41(51)59-43(7,8)9/h15-16,22,27-29,31-33,36,38H,14,17-21,23-26H2,1-13H3,(H2,45,50)(H,46,51)/t31-,32-,33-,36-,38-/m0/s1. The van der Waals surface area contributed by atoms with Gasteiger partial charge in [0.2, 0.25) is 12.7 Å². The van der Waals surface area contributed by atoms with E-state index in [2.05, 4.69) is 19.2 Å². The summed E-state index contributed by atoms with van der Waals surface area (Å²) in [5.74, 6) is -0.594. The molecule has 1 saturated heterocycles. The summed E-state index contributed by atoms with van der Waals surface area (Å²) in [6, 6.07) is 4.32. The predicted molar refractivity (Wildman–Crippen MR) is 223 cm³/mol. The van der Waals surface area contributed by atoms with Crippen LogP contribution in [0.2, 0.25) is 0 Å². The number of carbonyl (C=O) groups excluding carboxylic acids is 5. The van der Waals surface area contributed by atoms with Gasteiger partial charge in [-0.2, -0.15) is 0 Å². The number of amides is 3. The molecule has 5 atom stereocenters. The van der Waals surface area contributed by atoms with E-state index in [1.807, 2.05) is 32.0 Å². The third-order valence-electron chi connectivity index (χ3n) is 10.8. The van der Waals surface area contributed by atoms with Gasteiger partial charge in [-0.25, -0.2) is 14.4 Å². The highest BCUT2D eigenvalue weighted by Gasteiger charge is 2.43. The number of esters is 1. The van der Waals surface area contributed by atoms with Gasteiger partial charge in [-0.05, 0) is 87.8 Å². The Kier molecular flexibility index (Phi) is 20.4. The molecule has 0 spiro atoms. The van der Waals surface area contributed by atoms with E-state index in [-0.39, 0.29) is 42.6 Å². The second-order valence-corrected chi connectivity index (χ2v) is 18.2. The van der Waals surface area contributed by atoms with Gasteiger partial charge in [-0.3, -0.25) is 14.5 Å². The van der Waals surface area contributed by atoms with E-state index in [0.29, 0.717) is 50.4 Å². The van der Waals surface area contributed by atoms with Gasteiger partial charge < -0.3 is 44.2 Å². The van der Waals surface area contributed by atoms with Crippen LogP contribution in [0.1, 0.15) is 114 Å². The number of primary amides is 1. The molecule has 15 heteroatoms. The quantitative estimate of drug-likeness (QED) is 0.0614. The first kappa shape index (κ1) is 51.0. The highest BCUT2D eigenvalue weighted by atomic mass is 16.7. The third-order valence-corrected chi connectivity index (χ3v) is 10.8. The highest BCUT2D eigenvalue weighted by molar-refractivity contribution is 5.84. The Morgan fingerprint density at radius 2 is 1.58 bits per heavy atom. The molecule has 1 aliphatic heterocycles. The number of nitrogens with zero attached hydrogens (tertiary/aromatic N) is 1. The summed E-state index contributed by atoms with van der Waals surface area (Å²) in [5, 5.41) is 2.54. The molecule has 1 heterocycles. The first-order chi connectivity index (χ1) is 27.5. The van der Waals surface area contributed by atoms with Crippen LogP contribution in [-0.4, -0.2) is 99.5 Å². The van der Waals surface area contributed by atoms with Crippen LogP contribution in [0.5, 0.6) is 11.5 Å². The Labute approximate surface area is 352 Å². The second kappa shape index (κ2) is 23.6. The summed E-state index contributed by atoms with van der Waals surface area (Å²) in [6.45, 7) is 20.5. The van der Waals surface area contributed by atoms with Crippen molar-refractivity contribution in [2.45, 2.75) is 138 Å². The zero-order chi connectivity index (χ0) is 44.7. The molecule has 3 N–H and O–H groups in total. The molecule has 1 fully saturated rings. The number of benzene rings is 1. The SMILES string of the molecule is COCCCOc1cc(C[C@@H](C[C@H]2[C@H](C[C@H](C(=O)CCC(C)(C)C(N)=O)C(C)C)OCN2C(=O)OCOC(=O)[C@@H](NC(=O)OC(C)(C)C)C(C)C)C(C)C)ccc1OC. The van der Waals surface area contributed by atoms with Gasteiger partial charge in [0.15, 0.2) is 11.5 Å². The largest absolute Gasteiger partial charge is 0.493 e. The number of rotatable bonds is 24. The minimum atomic E-state index is -1.05. The molecule has 0 unspecified atom stereocenters. The molecule has 0 aromatic heterocycles. The lowest BCUT2D eigenvalue weighted by Gasteiger charge is -2.33. The molecule has 15 nitrogen and oxygen atoms in total. The zero-order valence-electron chi connectivity index (χ0n) is 37.8. The fraction of sp³-hybridized carbons (Fsp3) is 0.750. The average Bonchev–Trinajstić information content (AvgIpc) is 3.54. The Hall–Kier alpha value is -4.11. The van der Waals surface area contributed by atoms with E-state index in [9.17, 15) is 24.0 Å². The molecule has 3 amide bonds. The average molecular weight is 836 g/mol. The van der Waals surface area contributed by atoms with Gasteiger partial charge in [0.1, 0.15) is 24.2 Å². The van der Waals surface area contributed by atoms with Crippen LogP contribution >= 0.6 is 0 Å². The molecular weight excluding hydrogens is 762 g/mol. The van der Waals surface area contributed by atoms with E-state index in [0.717, 1.165) is 12.0 Å². The molecule has 0 saturated carbocycles. The topological polar surface area (TPSA) is 191 Å². The van der Waals surface area contributed by atoms with Crippen molar-refractivity contribution in [2.24, 2.45) is 40.7 Å². The summed E-state index contributed by atoms with van der Waals surface area (Å²) < 4.78 is 39.3. The van der Waals surface area contributed by atoms with Crippen molar-refractivity contribution in [3.8, 4) is 11.5 Å². The number of carbonyl (C=O) groups is 5. The van der Waals surface area contributed by atoms with Gasteiger partial charge in [0.25, 0.3) is 0 Å². The number of alkyl carbamates (subject to hydrolysis) is 1. The number of nitrogens with two attached hydrogens (primary N) is 1. The number of methoxy groups -OCH3 is 2. The van der Waals surface area contributed by atoms with Crippen LogP contribution < -0.4 is 20.5 Å². The maximum absolute atomic E-state index is 13.8. The van der Waals surface area contributed by atoms with Crippen LogP contribution in [0.25, 0.3) is 0 Å². The van der Waals surface area contributed by atoms with Crippen molar-refractivity contribution in [3.63, 3.8) is 0 Å². The molecule has 1 aliphatic rings. The second-order valence-electron chi connectivity index (χ2n) is 18.2. The molecule has 336 valence electrons. The Morgan fingerprint density at radius 3 is 2.14 bits per heavy atom. The molecular formula is C44H73N3O12. The predicted octanol–water partition coefficient (Wildman–Crippen LogP) is 7.05. The maximum Gasteiger partial charge on any atom is 0.414 e. The monoisotopic (exact) mass is 836 g/mol. The van der Waals surface area contributed by atoms with Crippen LogP contribution in [-0.2, 0) is 44.5 Å². The first-order valence-electron chi connectivity index (χ1n) is 20.8. The van der Waals surface area contributed by atoms with Gasteiger partial charge >= 0.3 is 18.2 Å². The lowest BCUT2D eigenvalue weighted by atomic mass is 9.78. The van der Waals surface area contributed by atoms with Gasteiger partial charge in [-0.1, -0.05) is 61.5 Å². The molecule has 1 aromatic carbocycles. The Morgan fingerprint density at radius 1 is 0.898 bits per heavy atom. The lowest BCUT2D eigenvalue weighted by Crippen LogP contribution is -2.47. The van der Waals surface area contributed by atoms with Crippen molar-refractivity contribution in [2.75, 3.05) is 41.0 Å². The van der Waals surface area contributed by atoms with E-state index >= 15 is 0 Å². The van der Waals surface area contributed by atoms with Crippen molar-refractivity contribution in [3.05, 3.63) is 23.8 Å². The number of ketones is 1. The summed E-state index contributed by atoms with van der Waals surface area (Å²) in [7, 11) is 3.24. The number of hydrogen-bond acceptors (Lipinski definition) is 12. The number of ether oxygens (including phenoxy) is 7. The van der Waals surface area contributed by atoms with E-state index in [1.54, 1.807) is 62.7 Å².